The molecule has 150 valence electrons. The van der Waals surface area contributed by atoms with Crippen molar-refractivity contribution in [2.75, 3.05) is 0 Å². The fourth-order valence-corrected chi connectivity index (χ4v) is 5.78. The summed E-state index contributed by atoms with van der Waals surface area (Å²) in [7, 11) is 0. The van der Waals surface area contributed by atoms with Crippen LogP contribution in [0.25, 0.3) is 0 Å². The molecule has 0 heterocycles. The molecule has 2 bridgehead atoms. The fraction of sp³-hybridized carbons (Fsp3) is 0.577. The highest BCUT2D eigenvalue weighted by atomic mass is 16.5. The van der Waals surface area contributed by atoms with Crippen LogP contribution in [0.15, 0.2) is 54.6 Å². The Hall–Kier alpha value is -1.83. The zero-order valence-electron chi connectivity index (χ0n) is 17.5. The Morgan fingerprint density at radius 2 is 1.75 bits per heavy atom. The van der Waals surface area contributed by atoms with E-state index in [-0.39, 0.29) is 23.4 Å². The molecule has 6 atom stereocenters. The number of hydrogen-bond donors (Lipinski definition) is 0. The number of fused-ring (bicyclic) bond motifs is 2. The monoisotopic (exact) mass is 378 g/mol. The molecular weight excluding hydrogens is 344 g/mol. The predicted octanol–water partition coefficient (Wildman–Crippen LogP) is 6.08. The summed E-state index contributed by atoms with van der Waals surface area (Å²) in [6, 6.07) is 10.7. The van der Waals surface area contributed by atoms with Gasteiger partial charge in [-0.1, -0.05) is 81.8 Å². The number of benzene rings is 1. The molecule has 0 amide bonds. The van der Waals surface area contributed by atoms with Crippen LogP contribution in [0.4, 0.5) is 0 Å². The molecule has 1 aromatic carbocycles. The number of hydrogen-bond acceptors (Lipinski definition) is 2. The molecule has 0 aliphatic heterocycles. The Morgan fingerprint density at radius 3 is 2.54 bits per heavy atom. The number of carbonyl (C=O) groups excluding carboxylic acids is 1. The van der Waals surface area contributed by atoms with Gasteiger partial charge in [0.05, 0.1) is 5.92 Å². The summed E-state index contributed by atoms with van der Waals surface area (Å²) in [5.41, 5.74) is 1.34. The van der Waals surface area contributed by atoms with Gasteiger partial charge < -0.3 is 4.74 Å². The quantitative estimate of drug-likeness (QED) is 0.593. The highest BCUT2D eigenvalue weighted by Crippen LogP contribution is 2.45. The van der Waals surface area contributed by atoms with Gasteiger partial charge in [0.15, 0.2) is 0 Å². The fourth-order valence-electron chi connectivity index (χ4n) is 5.78. The molecule has 3 aliphatic carbocycles. The molecular formula is C26H34O2. The molecule has 0 radical (unpaired) electrons. The zero-order valence-corrected chi connectivity index (χ0v) is 17.5. The number of ether oxygens (including phenoxy) is 1. The van der Waals surface area contributed by atoms with E-state index in [2.05, 4.69) is 75.4 Å². The molecule has 4 rings (SSSR count). The Kier molecular flexibility index (Phi) is 5.49. The minimum atomic E-state index is -0.00195. The zero-order chi connectivity index (χ0) is 19.7. The van der Waals surface area contributed by atoms with Crippen LogP contribution >= 0.6 is 0 Å². The Morgan fingerprint density at radius 1 is 1.00 bits per heavy atom. The first-order valence-electron chi connectivity index (χ1n) is 11.1. The van der Waals surface area contributed by atoms with E-state index in [1.165, 1.54) is 12.0 Å². The van der Waals surface area contributed by atoms with E-state index in [0.29, 0.717) is 23.7 Å². The lowest BCUT2D eigenvalue weighted by Crippen LogP contribution is -2.44. The van der Waals surface area contributed by atoms with Gasteiger partial charge in [-0.25, -0.2) is 0 Å². The van der Waals surface area contributed by atoms with Crippen molar-refractivity contribution in [2.24, 2.45) is 29.6 Å². The number of carbonyl (C=O) groups is 1. The molecule has 1 aromatic rings. The van der Waals surface area contributed by atoms with E-state index in [4.69, 9.17) is 4.74 Å². The molecule has 28 heavy (non-hydrogen) atoms. The minimum absolute atomic E-state index is 0.00195. The van der Waals surface area contributed by atoms with Crippen molar-refractivity contribution >= 4 is 5.97 Å². The first kappa shape index (κ1) is 19.5. The average Bonchev–Trinajstić information content (AvgIpc) is 2.93. The van der Waals surface area contributed by atoms with Gasteiger partial charge in [-0.3, -0.25) is 4.79 Å². The third kappa shape index (κ3) is 3.83. The highest BCUT2D eigenvalue weighted by Gasteiger charge is 2.44. The van der Waals surface area contributed by atoms with E-state index >= 15 is 0 Å². The number of esters is 1. The molecule has 0 N–H and O–H groups in total. The van der Waals surface area contributed by atoms with Gasteiger partial charge in [-0.2, -0.15) is 0 Å². The van der Waals surface area contributed by atoms with E-state index in [9.17, 15) is 4.79 Å². The second-order valence-corrected chi connectivity index (χ2v) is 9.86. The molecule has 0 saturated heterocycles. The SMILES string of the molecule is C[C@@H]1CC[C@@H](C(C)(C)c2ccccc2)[C@H](OC(=O)[C@H]2C[C@@H]3C=CC=C[C@H]2C3)C1. The second-order valence-electron chi connectivity index (χ2n) is 9.86. The van der Waals surface area contributed by atoms with Crippen LogP contribution in [0.2, 0.25) is 0 Å². The second kappa shape index (κ2) is 7.89. The van der Waals surface area contributed by atoms with Gasteiger partial charge in [-0.05, 0) is 54.4 Å². The smallest absolute Gasteiger partial charge is 0.309 e. The van der Waals surface area contributed by atoms with Crippen LogP contribution in [0.5, 0.6) is 0 Å². The molecule has 0 unspecified atom stereocenters. The van der Waals surface area contributed by atoms with Crippen molar-refractivity contribution in [3.8, 4) is 0 Å². The Bertz CT molecular complexity index is 745. The van der Waals surface area contributed by atoms with Gasteiger partial charge >= 0.3 is 5.97 Å². The van der Waals surface area contributed by atoms with E-state index < -0.39 is 0 Å². The van der Waals surface area contributed by atoms with Gasteiger partial charge in [0.1, 0.15) is 6.10 Å². The molecule has 2 saturated carbocycles. The summed E-state index contributed by atoms with van der Waals surface area (Å²) >= 11 is 0. The summed E-state index contributed by atoms with van der Waals surface area (Å²) in [5, 5.41) is 0. The van der Waals surface area contributed by atoms with Crippen LogP contribution in [0.1, 0.15) is 58.4 Å². The van der Waals surface area contributed by atoms with Gasteiger partial charge in [0.2, 0.25) is 0 Å². The van der Waals surface area contributed by atoms with Gasteiger partial charge in [0, 0.05) is 5.92 Å². The topological polar surface area (TPSA) is 26.3 Å². The first-order valence-corrected chi connectivity index (χ1v) is 11.1. The molecule has 2 heteroatoms. The molecule has 0 spiro atoms. The number of allylic oxidation sites excluding steroid dienone is 4. The minimum Gasteiger partial charge on any atom is -0.462 e. The summed E-state index contributed by atoms with van der Waals surface area (Å²) in [5.74, 6) is 1.93. The van der Waals surface area contributed by atoms with Crippen molar-refractivity contribution in [1.82, 2.24) is 0 Å². The molecule has 0 aromatic heterocycles. The summed E-state index contributed by atoms with van der Waals surface area (Å²) in [4.78, 5) is 13.2. The van der Waals surface area contributed by atoms with Gasteiger partial charge in [0.25, 0.3) is 0 Å². The van der Waals surface area contributed by atoms with E-state index in [1.807, 2.05) is 0 Å². The third-order valence-corrected chi connectivity index (χ3v) is 7.57. The lowest BCUT2D eigenvalue weighted by Gasteiger charge is -2.44. The maximum Gasteiger partial charge on any atom is 0.309 e. The van der Waals surface area contributed by atoms with Crippen molar-refractivity contribution < 1.29 is 9.53 Å². The maximum absolute atomic E-state index is 13.2. The van der Waals surface area contributed by atoms with Crippen molar-refractivity contribution in [3.63, 3.8) is 0 Å². The summed E-state index contributed by atoms with van der Waals surface area (Å²) in [6.45, 7) is 6.95. The van der Waals surface area contributed by atoms with Crippen molar-refractivity contribution in [3.05, 3.63) is 60.2 Å². The predicted molar refractivity (Wildman–Crippen MR) is 114 cm³/mol. The van der Waals surface area contributed by atoms with E-state index in [0.717, 1.165) is 25.7 Å². The Balaban J connectivity index is 1.51. The molecule has 3 aliphatic rings. The lowest BCUT2D eigenvalue weighted by atomic mass is 9.64. The van der Waals surface area contributed by atoms with Gasteiger partial charge in [-0.15, -0.1) is 0 Å². The molecule has 2 nitrogen and oxygen atoms in total. The maximum atomic E-state index is 13.2. The molecule has 2 fully saturated rings. The van der Waals surface area contributed by atoms with Crippen LogP contribution in [0.3, 0.4) is 0 Å². The Labute approximate surface area is 170 Å². The number of rotatable bonds is 4. The standard InChI is InChI=1S/C26H34O2/c1-18-13-14-23(26(2,3)21-11-5-4-6-12-21)24(15-18)28-25(27)22-17-19-9-7-8-10-20(22)16-19/h4-12,18-20,22-24H,13-17H2,1-3H3/t18-,19-,20+,22+,23-,24-/m1/s1. The normalized spacial score (nSPS) is 34.8. The largest absolute Gasteiger partial charge is 0.462 e. The summed E-state index contributed by atoms with van der Waals surface area (Å²) < 4.78 is 6.32. The third-order valence-electron chi connectivity index (χ3n) is 7.57. The lowest BCUT2D eigenvalue weighted by molar-refractivity contribution is -0.162. The van der Waals surface area contributed by atoms with Crippen LogP contribution < -0.4 is 0 Å². The van der Waals surface area contributed by atoms with Crippen LogP contribution in [0, 0.1) is 29.6 Å². The van der Waals surface area contributed by atoms with Crippen LogP contribution in [-0.2, 0) is 14.9 Å². The summed E-state index contributed by atoms with van der Waals surface area (Å²) in [6.07, 6.45) is 14.1. The van der Waals surface area contributed by atoms with Crippen molar-refractivity contribution in [2.45, 2.75) is 64.4 Å². The van der Waals surface area contributed by atoms with E-state index in [1.54, 1.807) is 0 Å². The van der Waals surface area contributed by atoms with Crippen molar-refractivity contribution in [1.29, 1.82) is 0 Å². The average molecular weight is 379 g/mol. The first-order chi connectivity index (χ1) is 13.4. The van der Waals surface area contributed by atoms with Crippen LogP contribution in [-0.4, -0.2) is 12.1 Å². The highest BCUT2D eigenvalue weighted by molar-refractivity contribution is 5.74.